The molecule has 1 amide bonds. The monoisotopic (exact) mass is 340 g/mol. The molecule has 1 atom stereocenters. The molecular formula is C17H16F4N2O. The molecule has 1 aliphatic heterocycles. The Morgan fingerprint density at radius 1 is 1.21 bits per heavy atom. The van der Waals surface area contributed by atoms with Crippen molar-refractivity contribution in [3.63, 3.8) is 0 Å². The number of nitrogens with zero attached hydrogens (tertiary/aromatic N) is 1. The van der Waals surface area contributed by atoms with E-state index in [1.807, 2.05) is 0 Å². The second kappa shape index (κ2) is 5.44. The minimum Gasteiger partial charge on any atom is -0.287 e. The third kappa shape index (κ3) is 2.84. The van der Waals surface area contributed by atoms with Crippen LogP contribution < -0.4 is 5.43 Å². The molecule has 2 aromatic rings. The normalized spacial score (nSPS) is 19.5. The van der Waals surface area contributed by atoms with E-state index in [2.05, 4.69) is 5.43 Å². The summed E-state index contributed by atoms with van der Waals surface area (Å²) in [6.07, 6.45) is -4.67. The predicted octanol–water partition coefficient (Wildman–Crippen LogP) is 4.10. The van der Waals surface area contributed by atoms with Crippen LogP contribution >= 0.6 is 0 Å². The van der Waals surface area contributed by atoms with Crippen LogP contribution in [0.1, 0.15) is 31.9 Å². The van der Waals surface area contributed by atoms with Gasteiger partial charge < -0.3 is 0 Å². The van der Waals surface area contributed by atoms with Gasteiger partial charge in [0.25, 0.3) is 0 Å². The van der Waals surface area contributed by atoms with E-state index >= 15 is 0 Å². The highest BCUT2D eigenvalue weighted by Crippen LogP contribution is 2.43. The number of benzene rings is 2. The van der Waals surface area contributed by atoms with Crippen molar-refractivity contribution in [1.29, 1.82) is 0 Å². The number of hydrogen-bond donors (Lipinski definition) is 1. The van der Waals surface area contributed by atoms with Crippen molar-refractivity contribution in [2.24, 2.45) is 0 Å². The minimum atomic E-state index is -4.63. The lowest BCUT2D eigenvalue weighted by molar-refractivity contribution is -0.203. The van der Waals surface area contributed by atoms with E-state index in [9.17, 15) is 22.4 Å². The third-order valence-electron chi connectivity index (χ3n) is 4.23. The van der Waals surface area contributed by atoms with Crippen molar-refractivity contribution >= 4 is 16.7 Å². The molecule has 1 heterocycles. The first-order chi connectivity index (χ1) is 11.1. The number of alkyl halides is 3. The van der Waals surface area contributed by atoms with Crippen molar-refractivity contribution in [1.82, 2.24) is 10.4 Å². The van der Waals surface area contributed by atoms with E-state index in [0.29, 0.717) is 5.39 Å². The van der Waals surface area contributed by atoms with E-state index in [-0.39, 0.29) is 17.4 Å². The molecule has 0 spiro atoms. The van der Waals surface area contributed by atoms with E-state index in [4.69, 9.17) is 0 Å². The van der Waals surface area contributed by atoms with Gasteiger partial charge in [-0.3, -0.25) is 10.2 Å². The first-order valence-corrected chi connectivity index (χ1v) is 7.43. The van der Waals surface area contributed by atoms with Crippen LogP contribution in [0.5, 0.6) is 0 Å². The minimum absolute atomic E-state index is 0.0402. The molecule has 1 fully saturated rings. The first kappa shape index (κ1) is 16.7. The van der Waals surface area contributed by atoms with Gasteiger partial charge in [-0.05, 0) is 36.9 Å². The Morgan fingerprint density at radius 3 is 2.50 bits per heavy atom. The number of hydrogen-bond acceptors (Lipinski definition) is 2. The number of rotatable bonds is 2. The van der Waals surface area contributed by atoms with Crippen LogP contribution in [0.25, 0.3) is 10.8 Å². The Hall–Kier alpha value is -2.15. The lowest BCUT2D eigenvalue weighted by Crippen LogP contribution is -2.51. The second-order valence-electron chi connectivity index (χ2n) is 6.56. The number of fused-ring (bicyclic) bond motifs is 1. The zero-order valence-corrected chi connectivity index (χ0v) is 13.1. The number of carbonyl (C=O) groups is 1. The molecule has 1 unspecified atom stereocenters. The smallest absolute Gasteiger partial charge is 0.287 e. The number of amides is 1. The van der Waals surface area contributed by atoms with Gasteiger partial charge in [0.05, 0.1) is 0 Å². The highest BCUT2D eigenvalue weighted by atomic mass is 19.4. The van der Waals surface area contributed by atoms with Gasteiger partial charge in [0.1, 0.15) is 5.82 Å². The van der Waals surface area contributed by atoms with Gasteiger partial charge in [-0.15, -0.1) is 0 Å². The summed E-state index contributed by atoms with van der Waals surface area (Å²) < 4.78 is 55.2. The molecule has 1 saturated heterocycles. The van der Waals surface area contributed by atoms with E-state index in [0.717, 1.165) is 5.01 Å². The standard InChI is InChI=1S/C17H16F4N2O/c1-16(2)9-14(24)22-23(16)15(17(19,20)21)11-7-6-10-4-3-5-13(18)12(10)8-11/h3-8,15H,9H2,1-2H3,(H,22,24). The molecular weight excluding hydrogens is 324 g/mol. The first-order valence-electron chi connectivity index (χ1n) is 7.43. The molecule has 1 N–H and O–H groups in total. The summed E-state index contributed by atoms with van der Waals surface area (Å²) in [5.74, 6) is -1.05. The van der Waals surface area contributed by atoms with Crippen LogP contribution in [-0.2, 0) is 4.79 Å². The molecule has 7 heteroatoms. The van der Waals surface area contributed by atoms with Crippen molar-refractivity contribution in [2.45, 2.75) is 38.0 Å². The Labute approximate surface area is 136 Å². The van der Waals surface area contributed by atoms with Crippen molar-refractivity contribution in [3.8, 4) is 0 Å². The summed E-state index contributed by atoms with van der Waals surface area (Å²) in [5.41, 5.74) is 1.16. The third-order valence-corrected chi connectivity index (χ3v) is 4.23. The maximum absolute atomic E-state index is 14.0. The molecule has 0 saturated carbocycles. The van der Waals surface area contributed by atoms with Gasteiger partial charge in [0.15, 0.2) is 6.04 Å². The molecule has 24 heavy (non-hydrogen) atoms. The number of nitrogens with one attached hydrogen (secondary N) is 1. The summed E-state index contributed by atoms with van der Waals surface area (Å²) in [5, 5.41) is 1.55. The molecule has 128 valence electrons. The Kier molecular flexibility index (Phi) is 3.79. The summed E-state index contributed by atoms with van der Waals surface area (Å²) in [6.45, 7) is 3.12. The summed E-state index contributed by atoms with van der Waals surface area (Å²) in [7, 11) is 0. The lowest BCUT2D eigenvalue weighted by atomic mass is 9.95. The van der Waals surface area contributed by atoms with E-state index in [1.165, 1.54) is 30.3 Å². The molecule has 0 radical (unpaired) electrons. The van der Waals surface area contributed by atoms with Crippen molar-refractivity contribution < 1.29 is 22.4 Å². The second-order valence-corrected chi connectivity index (χ2v) is 6.56. The largest absolute Gasteiger partial charge is 0.409 e. The van der Waals surface area contributed by atoms with Crippen LogP contribution in [0.3, 0.4) is 0 Å². The Balaban J connectivity index is 2.14. The highest BCUT2D eigenvalue weighted by molar-refractivity contribution is 5.84. The molecule has 0 aliphatic carbocycles. The highest BCUT2D eigenvalue weighted by Gasteiger charge is 2.52. The number of hydrazine groups is 1. The van der Waals surface area contributed by atoms with Crippen LogP contribution in [-0.4, -0.2) is 22.6 Å². The van der Waals surface area contributed by atoms with Gasteiger partial charge in [-0.2, -0.15) is 18.2 Å². The van der Waals surface area contributed by atoms with Crippen LogP contribution in [0.15, 0.2) is 36.4 Å². The molecule has 1 aliphatic rings. The average Bonchev–Trinajstić information content (AvgIpc) is 2.71. The predicted molar refractivity (Wildman–Crippen MR) is 81.4 cm³/mol. The fourth-order valence-electron chi connectivity index (χ4n) is 3.12. The summed E-state index contributed by atoms with van der Waals surface area (Å²) >= 11 is 0. The van der Waals surface area contributed by atoms with Crippen molar-refractivity contribution in [3.05, 3.63) is 47.8 Å². The molecule has 3 rings (SSSR count). The lowest BCUT2D eigenvalue weighted by Gasteiger charge is -2.38. The van der Waals surface area contributed by atoms with Crippen LogP contribution in [0.4, 0.5) is 17.6 Å². The summed E-state index contributed by atoms with van der Waals surface area (Å²) in [6, 6.07) is 6.26. The Bertz CT molecular complexity index is 801. The zero-order chi connectivity index (χ0) is 17.7. The van der Waals surface area contributed by atoms with Gasteiger partial charge >= 0.3 is 6.18 Å². The Morgan fingerprint density at radius 2 is 1.92 bits per heavy atom. The fourth-order valence-corrected chi connectivity index (χ4v) is 3.12. The quantitative estimate of drug-likeness (QED) is 0.835. The maximum atomic E-state index is 14.0. The SMILES string of the molecule is CC1(C)CC(=O)NN1C(c1ccc2cccc(F)c2c1)C(F)(F)F. The molecule has 3 nitrogen and oxygen atoms in total. The molecule has 0 aromatic heterocycles. The topological polar surface area (TPSA) is 32.3 Å². The number of carbonyl (C=O) groups excluding carboxylic acids is 1. The summed E-state index contributed by atoms with van der Waals surface area (Å²) in [4.78, 5) is 11.6. The zero-order valence-electron chi connectivity index (χ0n) is 13.1. The fraction of sp³-hybridized carbons (Fsp3) is 0.353. The van der Waals surface area contributed by atoms with Gasteiger partial charge in [-0.1, -0.05) is 24.3 Å². The van der Waals surface area contributed by atoms with E-state index in [1.54, 1.807) is 19.9 Å². The van der Waals surface area contributed by atoms with Gasteiger partial charge in [0.2, 0.25) is 5.91 Å². The average molecular weight is 340 g/mol. The van der Waals surface area contributed by atoms with Gasteiger partial charge in [0, 0.05) is 17.3 Å². The van der Waals surface area contributed by atoms with Gasteiger partial charge in [-0.25, -0.2) is 4.39 Å². The maximum Gasteiger partial charge on any atom is 0.409 e. The van der Waals surface area contributed by atoms with E-state index < -0.39 is 29.5 Å². The van der Waals surface area contributed by atoms with Crippen LogP contribution in [0.2, 0.25) is 0 Å². The van der Waals surface area contributed by atoms with Crippen LogP contribution in [0, 0.1) is 5.82 Å². The van der Waals surface area contributed by atoms with Crippen molar-refractivity contribution in [2.75, 3.05) is 0 Å². The molecule has 0 bridgehead atoms. The molecule has 2 aromatic carbocycles. The number of halogens is 4.